The zero-order valence-corrected chi connectivity index (χ0v) is 9.56. The van der Waals surface area contributed by atoms with Gasteiger partial charge in [0.25, 0.3) is 0 Å². The van der Waals surface area contributed by atoms with Gasteiger partial charge in [0.2, 0.25) is 0 Å². The van der Waals surface area contributed by atoms with Crippen molar-refractivity contribution in [2.24, 2.45) is 11.8 Å². The quantitative estimate of drug-likeness (QED) is 0.686. The van der Waals surface area contributed by atoms with E-state index in [-0.39, 0.29) is 12.3 Å². The number of rotatable bonds is 4. The second-order valence-corrected chi connectivity index (χ2v) is 4.80. The fourth-order valence-corrected chi connectivity index (χ4v) is 2.92. The maximum atomic E-state index is 11.2. The summed E-state index contributed by atoms with van der Waals surface area (Å²) in [5, 5.41) is 21.1. The lowest BCUT2D eigenvalue weighted by atomic mass is 9.77. The van der Waals surface area contributed by atoms with E-state index in [4.69, 9.17) is 10.2 Å². The predicted octanol–water partition coefficient (Wildman–Crippen LogP) is 1.21. The van der Waals surface area contributed by atoms with Gasteiger partial charge >= 0.3 is 11.9 Å². The largest absolute Gasteiger partial charge is 0.481 e. The number of carboxylic acid groups (broad SMARTS) is 2. The van der Waals surface area contributed by atoms with Crippen molar-refractivity contribution in [1.29, 1.82) is 0 Å². The monoisotopic (exact) mass is 239 g/mol. The maximum absolute atomic E-state index is 11.2. The van der Waals surface area contributed by atoms with Crippen molar-refractivity contribution in [3.8, 4) is 0 Å². The van der Waals surface area contributed by atoms with Gasteiger partial charge in [-0.2, -0.15) is 0 Å². The lowest BCUT2D eigenvalue weighted by Gasteiger charge is -2.29. The Morgan fingerprint density at radius 1 is 1.35 bits per heavy atom. The summed E-state index contributed by atoms with van der Waals surface area (Å²) in [7, 11) is 0. The zero-order chi connectivity index (χ0) is 12.4. The molecule has 1 fully saturated rings. The number of fused-ring (bicyclic) bond motifs is 1. The molecule has 3 atom stereocenters. The zero-order valence-electron chi connectivity index (χ0n) is 9.56. The van der Waals surface area contributed by atoms with Gasteiger partial charge in [0.1, 0.15) is 0 Å². The van der Waals surface area contributed by atoms with E-state index in [1.807, 2.05) is 0 Å². The smallest absolute Gasteiger partial charge is 0.311 e. The van der Waals surface area contributed by atoms with E-state index in [9.17, 15) is 9.59 Å². The molecule has 1 aliphatic heterocycles. The van der Waals surface area contributed by atoms with Crippen molar-refractivity contribution >= 4 is 11.9 Å². The van der Waals surface area contributed by atoms with Crippen LogP contribution in [0.3, 0.4) is 0 Å². The van der Waals surface area contributed by atoms with E-state index in [2.05, 4.69) is 5.32 Å². The highest BCUT2D eigenvalue weighted by Crippen LogP contribution is 2.38. The summed E-state index contributed by atoms with van der Waals surface area (Å²) in [5.41, 5.74) is 0.768. The Morgan fingerprint density at radius 3 is 2.71 bits per heavy atom. The summed E-state index contributed by atoms with van der Waals surface area (Å²) in [6, 6.07) is 0.314. The molecule has 3 unspecified atom stereocenters. The van der Waals surface area contributed by atoms with Gasteiger partial charge in [-0.3, -0.25) is 9.59 Å². The van der Waals surface area contributed by atoms with Crippen LogP contribution >= 0.6 is 0 Å². The molecule has 1 aliphatic carbocycles. The van der Waals surface area contributed by atoms with Crippen molar-refractivity contribution in [2.45, 2.75) is 38.1 Å². The summed E-state index contributed by atoms with van der Waals surface area (Å²) in [6.07, 6.45) is 5.68. The lowest BCUT2D eigenvalue weighted by molar-refractivity contribution is -0.147. The molecule has 1 saturated carbocycles. The van der Waals surface area contributed by atoms with Gasteiger partial charge in [0.05, 0.1) is 12.3 Å². The summed E-state index contributed by atoms with van der Waals surface area (Å²) in [5.74, 6) is -2.76. The fraction of sp³-hybridized carbons (Fsp3) is 0.667. The molecule has 0 amide bonds. The van der Waals surface area contributed by atoms with Gasteiger partial charge in [0.15, 0.2) is 0 Å². The third-order valence-corrected chi connectivity index (χ3v) is 3.74. The molecule has 0 saturated heterocycles. The van der Waals surface area contributed by atoms with Gasteiger partial charge in [-0.05, 0) is 24.6 Å². The van der Waals surface area contributed by atoms with Crippen LogP contribution in [0.4, 0.5) is 0 Å². The molecule has 0 bridgehead atoms. The first kappa shape index (κ1) is 12.0. The molecule has 0 spiro atoms. The first-order valence-electron chi connectivity index (χ1n) is 6.00. The Kier molecular flexibility index (Phi) is 3.36. The van der Waals surface area contributed by atoms with Crippen molar-refractivity contribution in [1.82, 2.24) is 5.32 Å². The van der Waals surface area contributed by atoms with E-state index in [0.717, 1.165) is 31.3 Å². The number of nitrogens with one attached hydrogen (secondary N) is 1. The minimum Gasteiger partial charge on any atom is -0.481 e. The molecule has 0 aromatic heterocycles. The van der Waals surface area contributed by atoms with Crippen LogP contribution in [0.25, 0.3) is 0 Å². The Labute approximate surface area is 99.5 Å². The number of carbonyl (C=O) groups is 2. The molecule has 3 N–H and O–H groups in total. The Hall–Kier alpha value is -1.52. The number of aliphatic carboxylic acids is 2. The van der Waals surface area contributed by atoms with Gasteiger partial charge in [-0.25, -0.2) is 0 Å². The average molecular weight is 239 g/mol. The Bertz CT molecular complexity index is 364. The molecule has 94 valence electrons. The van der Waals surface area contributed by atoms with Gasteiger partial charge < -0.3 is 15.5 Å². The van der Waals surface area contributed by atoms with Crippen LogP contribution in [0, 0.1) is 11.8 Å². The molecular weight excluding hydrogens is 222 g/mol. The maximum Gasteiger partial charge on any atom is 0.311 e. The molecular formula is C12H17NO4. The average Bonchev–Trinajstić information content (AvgIpc) is 2.69. The van der Waals surface area contributed by atoms with Gasteiger partial charge in [0, 0.05) is 12.0 Å². The second kappa shape index (κ2) is 4.77. The van der Waals surface area contributed by atoms with Gasteiger partial charge in [-0.15, -0.1) is 0 Å². The summed E-state index contributed by atoms with van der Waals surface area (Å²) in [4.78, 5) is 21.9. The first-order chi connectivity index (χ1) is 8.09. The second-order valence-electron chi connectivity index (χ2n) is 4.80. The first-order valence-corrected chi connectivity index (χ1v) is 6.00. The minimum absolute atomic E-state index is 0.212. The van der Waals surface area contributed by atoms with E-state index in [1.165, 1.54) is 0 Å². The molecule has 0 aromatic rings. The molecule has 0 radical (unpaired) electrons. The number of carboxylic acids is 2. The minimum atomic E-state index is -1.06. The molecule has 2 aliphatic rings. The van der Waals surface area contributed by atoms with Crippen LogP contribution in [0.15, 0.2) is 11.8 Å². The third kappa shape index (κ3) is 2.43. The van der Waals surface area contributed by atoms with Crippen molar-refractivity contribution in [2.75, 3.05) is 0 Å². The van der Waals surface area contributed by atoms with Crippen molar-refractivity contribution < 1.29 is 19.8 Å². The predicted molar refractivity (Wildman–Crippen MR) is 60.3 cm³/mol. The van der Waals surface area contributed by atoms with Crippen LogP contribution in [0.2, 0.25) is 0 Å². The standard InChI is InChI=1S/C12H17NO4/c14-11(15)5-8(12(16)17)9-6-13-10-4-2-1-3-7(9)10/h6-8,10,13H,1-5H2,(H,14,15)(H,16,17). The summed E-state index contributed by atoms with van der Waals surface area (Å²) >= 11 is 0. The van der Waals surface area contributed by atoms with E-state index >= 15 is 0 Å². The highest BCUT2D eigenvalue weighted by Gasteiger charge is 2.38. The van der Waals surface area contributed by atoms with Gasteiger partial charge in [-0.1, -0.05) is 12.8 Å². The third-order valence-electron chi connectivity index (χ3n) is 3.74. The van der Waals surface area contributed by atoms with Crippen molar-refractivity contribution in [3.05, 3.63) is 11.8 Å². The van der Waals surface area contributed by atoms with E-state index < -0.39 is 17.9 Å². The molecule has 2 rings (SSSR count). The normalized spacial score (nSPS) is 28.8. The highest BCUT2D eigenvalue weighted by atomic mass is 16.4. The molecule has 5 nitrogen and oxygen atoms in total. The SMILES string of the molecule is O=C(O)CC(C(=O)O)C1=CNC2CCCCC12. The number of hydrogen-bond donors (Lipinski definition) is 3. The van der Waals surface area contributed by atoms with E-state index in [0.29, 0.717) is 6.04 Å². The van der Waals surface area contributed by atoms with Crippen LogP contribution in [0.5, 0.6) is 0 Å². The molecule has 17 heavy (non-hydrogen) atoms. The summed E-state index contributed by atoms with van der Waals surface area (Å²) < 4.78 is 0. The van der Waals surface area contributed by atoms with Crippen LogP contribution in [-0.4, -0.2) is 28.2 Å². The molecule has 5 heteroatoms. The summed E-state index contributed by atoms with van der Waals surface area (Å²) in [6.45, 7) is 0. The Morgan fingerprint density at radius 2 is 2.06 bits per heavy atom. The lowest BCUT2D eigenvalue weighted by Crippen LogP contribution is -2.32. The molecule has 0 aromatic carbocycles. The highest BCUT2D eigenvalue weighted by molar-refractivity contribution is 5.80. The Balaban J connectivity index is 2.13. The molecule has 1 heterocycles. The number of hydrogen-bond acceptors (Lipinski definition) is 3. The topological polar surface area (TPSA) is 86.6 Å². The fourth-order valence-electron chi connectivity index (χ4n) is 2.92. The van der Waals surface area contributed by atoms with Crippen molar-refractivity contribution in [3.63, 3.8) is 0 Å². The van der Waals surface area contributed by atoms with E-state index in [1.54, 1.807) is 6.20 Å². The van der Waals surface area contributed by atoms with Crippen LogP contribution in [-0.2, 0) is 9.59 Å². The van der Waals surface area contributed by atoms with Crippen LogP contribution < -0.4 is 5.32 Å². The van der Waals surface area contributed by atoms with Crippen LogP contribution in [0.1, 0.15) is 32.1 Å².